The second-order valence-electron chi connectivity index (χ2n) is 5.39. The van der Waals surface area contributed by atoms with E-state index in [1.54, 1.807) is 13.2 Å². The minimum absolute atomic E-state index is 0.156. The van der Waals surface area contributed by atoms with E-state index in [2.05, 4.69) is 23.6 Å². The van der Waals surface area contributed by atoms with Gasteiger partial charge in [0.1, 0.15) is 11.6 Å². The van der Waals surface area contributed by atoms with Crippen LogP contribution in [0.5, 0.6) is 5.75 Å². The fourth-order valence-electron chi connectivity index (χ4n) is 2.58. The van der Waals surface area contributed by atoms with Crippen molar-refractivity contribution >= 4 is 5.69 Å². The summed E-state index contributed by atoms with van der Waals surface area (Å²) in [4.78, 5) is 4.52. The molecule has 1 saturated heterocycles. The molecule has 0 bridgehead atoms. The summed E-state index contributed by atoms with van der Waals surface area (Å²) in [6, 6.07) is 3.93. The Hall–Kier alpha value is -1.29. The molecule has 0 aliphatic carbocycles. The van der Waals surface area contributed by atoms with Crippen LogP contribution in [0.1, 0.15) is 19.4 Å². The van der Waals surface area contributed by atoms with Crippen molar-refractivity contribution in [3.8, 4) is 5.75 Å². The van der Waals surface area contributed by atoms with Gasteiger partial charge in [-0.15, -0.1) is 0 Å². The molecule has 1 heterocycles. The Balaban J connectivity index is 2.15. The van der Waals surface area contributed by atoms with Crippen molar-refractivity contribution in [2.45, 2.75) is 26.8 Å². The Bertz CT molecular complexity index is 440. The lowest BCUT2D eigenvalue weighted by atomic mass is 10.1. The molecule has 19 heavy (non-hydrogen) atoms. The summed E-state index contributed by atoms with van der Waals surface area (Å²) in [5, 5.41) is 0. The Morgan fingerprint density at radius 1 is 1.16 bits per heavy atom. The summed E-state index contributed by atoms with van der Waals surface area (Å²) in [5.41, 5.74) is 1.50. The van der Waals surface area contributed by atoms with Gasteiger partial charge in [-0.3, -0.25) is 4.90 Å². The quantitative estimate of drug-likeness (QED) is 0.836. The first kappa shape index (κ1) is 14.1. The molecule has 0 radical (unpaired) electrons. The number of benzene rings is 1. The lowest BCUT2D eigenvalue weighted by Gasteiger charge is -2.38. The first-order chi connectivity index (χ1) is 9.02. The molecule has 0 saturated carbocycles. The number of aryl methyl sites for hydroxylation is 1. The molecule has 1 aliphatic heterocycles. The van der Waals surface area contributed by atoms with Crippen LogP contribution in [0.25, 0.3) is 0 Å². The summed E-state index contributed by atoms with van der Waals surface area (Å²) in [6.07, 6.45) is 0. The molecule has 0 aromatic heterocycles. The highest BCUT2D eigenvalue weighted by Crippen LogP contribution is 2.29. The highest BCUT2D eigenvalue weighted by molar-refractivity contribution is 5.55. The fourth-order valence-corrected chi connectivity index (χ4v) is 2.58. The predicted molar refractivity (Wildman–Crippen MR) is 76.6 cm³/mol. The third-order valence-corrected chi connectivity index (χ3v) is 3.85. The molecule has 1 fully saturated rings. The smallest absolute Gasteiger partial charge is 0.147 e. The molecule has 0 spiro atoms. The Labute approximate surface area is 115 Å². The van der Waals surface area contributed by atoms with E-state index in [0.717, 1.165) is 37.5 Å². The molecule has 1 aromatic carbocycles. The normalized spacial score (nSPS) is 17.1. The van der Waals surface area contributed by atoms with Gasteiger partial charge in [-0.2, -0.15) is 0 Å². The van der Waals surface area contributed by atoms with E-state index in [0.29, 0.717) is 11.7 Å². The molecular weight excluding hydrogens is 243 g/mol. The average molecular weight is 266 g/mol. The van der Waals surface area contributed by atoms with Crippen LogP contribution in [0.3, 0.4) is 0 Å². The number of piperazine rings is 1. The SMILES string of the molecule is COc1cc(N2CCN(C(C)C)CC2)c(F)cc1C. The topological polar surface area (TPSA) is 15.7 Å². The first-order valence-corrected chi connectivity index (χ1v) is 6.86. The van der Waals surface area contributed by atoms with Crippen LogP contribution in [0.4, 0.5) is 10.1 Å². The van der Waals surface area contributed by atoms with E-state index in [9.17, 15) is 4.39 Å². The number of hydrogen-bond acceptors (Lipinski definition) is 3. The van der Waals surface area contributed by atoms with Crippen molar-refractivity contribution in [1.82, 2.24) is 4.90 Å². The molecule has 0 atom stereocenters. The van der Waals surface area contributed by atoms with Gasteiger partial charge in [-0.25, -0.2) is 4.39 Å². The Morgan fingerprint density at radius 3 is 2.32 bits per heavy atom. The van der Waals surface area contributed by atoms with Gasteiger partial charge in [0.05, 0.1) is 12.8 Å². The summed E-state index contributed by atoms with van der Waals surface area (Å²) < 4.78 is 19.4. The van der Waals surface area contributed by atoms with E-state index >= 15 is 0 Å². The van der Waals surface area contributed by atoms with Gasteiger partial charge >= 0.3 is 0 Å². The largest absolute Gasteiger partial charge is 0.496 e. The number of rotatable bonds is 3. The van der Waals surface area contributed by atoms with Crippen LogP contribution in [0, 0.1) is 12.7 Å². The van der Waals surface area contributed by atoms with Gasteiger partial charge in [-0.1, -0.05) is 0 Å². The van der Waals surface area contributed by atoms with Crippen molar-refractivity contribution in [3.05, 3.63) is 23.5 Å². The molecular formula is C15H23FN2O. The van der Waals surface area contributed by atoms with Gasteiger partial charge in [0, 0.05) is 38.3 Å². The number of hydrogen-bond donors (Lipinski definition) is 0. The third-order valence-electron chi connectivity index (χ3n) is 3.85. The molecule has 1 aromatic rings. The van der Waals surface area contributed by atoms with Gasteiger partial charge in [0.2, 0.25) is 0 Å². The maximum atomic E-state index is 14.1. The van der Waals surface area contributed by atoms with E-state index in [4.69, 9.17) is 4.74 Å². The second kappa shape index (κ2) is 5.78. The van der Waals surface area contributed by atoms with Crippen molar-refractivity contribution in [3.63, 3.8) is 0 Å². The fraction of sp³-hybridized carbons (Fsp3) is 0.600. The highest BCUT2D eigenvalue weighted by atomic mass is 19.1. The number of nitrogens with zero attached hydrogens (tertiary/aromatic N) is 2. The highest BCUT2D eigenvalue weighted by Gasteiger charge is 2.21. The summed E-state index contributed by atoms with van der Waals surface area (Å²) in [6.45, 7) is 9.95. The Kier molecular flexibility index (Phi) is 4.30. The molecule has 4 heteroatoms. The minimum Gasteiger partial charge on any atom is -0.496 e. The number of anilines is 1. The minimum atomic E-state index is -0.156. The second-order valence-corrected chi connectivity index (χ2v) is 5.39. The van der Waals surface area contributed by atoms with Gasteiger partial charge < -0.3 is 9.64 Å². The average Bonchev–Trinajstić information content (AvgIpc) is 2.39. The molecule has 0 amide bonds. The maximum Gasteiger partial charge on any atom is 0.147 e. The van der Waals surface area contributed by atoms with E-state index in [1.807, 2.05) is 13.0 Å². The predicted octanol–water partition coefficient (Wildman–Crippen LogP) is 2.67. The number of methoxy groups -OCH3 is 1. The van der Waals surface area contributed by atoms with Crippen LogP contribution in [0.15, 0.2) is 12.1 Å². The standard InChI is InChI=1S/C15H23FN2O/c1-11(2)17-5-7-18(8-6-17)14-10-15(19-4)12(3)9-13(14)16/h9-11H,5-8H2,1-4H3. The van der Waals surface area contributed by atoms with Crippen molar-refractivity contribution in [2.75, 3.05) is 38.2 Å². The van der Waals surface area contributed by atoms with Crippen LogP contribution in [0.2, 0.25) is 0 Å². The van der Waals surface area contributed by atoms with Crippen LogP contribution in [-0.2, 0) is 0 Å². The van der Waals surface area contributed by atoms with Gasteiger partial charge in [-0.05, 0) is 32.4 Å². The monoisotopic (exact) mass is 266 g/mol. The molecule has 0 unspecified atom stereocenters. The van der Waals surface area contributed by atoms with E-state index in [1.165, 1.54) is 0 Å². The zero-order valence-corrected chi connectivity index (χ0v) is 12.2. The van der Waals surface area contributed by atoms with Crippen molar-refractivity contribution in [1.29, 1.82) is 0 Å². The molecule has 0 N–H and O–H groups in total. The molecule has 1 aliphatic rings. The summed E-state index contributed by atoms with van der Waals surface area (Å²) in [7, 11) is 1.63. The number of ether oxygens (including phenoxy) is 1. The third kappa shape index (κ3) is 3.00. The van der Waals surface area contributed by atoms with Crippen LogP contribution < -0.4 is 9.64 Å². The number of halogens is 1. The van der Waals surface area contributed by atoms with Crippen molar-refractivity contribution in [2.24, 2.45) is 0 Å². The molecule has 2 rings (SSSR count). The first-order valence-electron chi connectivity index (χ1n) is 6.86. The van der Waals surface area contributed by atoms with Crippen LogP contribution >= 0.6 is 0 Å². The van der Waals surface area contributed by atoms with E-state index < -0.39 is 0 Å². The van der Waals surface area contributed by atoms with Gasteiger partial charge in [0.15, 0.2) is 0 Å². The van der Waals surface area contributed by atoms with Gasteiger partial charge in [0.25, 0.3) is 0 Å². The Morgan fingerprint density at radius 2 is 1.79 bits per heavy atom. The summed E-state index contributed by atoms with van der Waals surface area (Å²) >= 11 is 0. The lowest BCUT2D eigenvalue weighted by molar-refractivity contribution is 0.209. The maximum absolute atomic E-state index is 14.1. The zero-order valence-electron chi connectivity index (χ0n) is 12.2. The zero-order chi connectivity index (χ0) is 14.0. The molecule has 106 valence electrons. The van der Waals surface area contributed by atoms with E-state index in [-0.39, 0.29) is 5.82 Å². The lowest BCUT2D eigenvalue weighted by Crippen LogP contribution is -2.49. The van der Waals surface area contributed by atoms with Crippen LogP contribution in [-0.4, -0.2) is 44.2 Å². The van der Waals surface area contributed by atoms with Crippen molar-refractivity contribution < 1.29 is 9.13 Å². The summed E-state index contributed by atoms with van der Waals surface area (Å²) in [5.74, 6) is 0.596. The molecule has 3 nitrogen and oxygen atoms in total.